The lowest BCUT2D eigenvalue weighted by molar-refractivity contribution is 0.764. The zero-order chi connectivity index (χ0) is 9.71. The molecule has 0 saturated heterocycles. The van der Waals surface area contributed by atoms with Gasteiger partial charge in [-0.25, -0.2) is 9.97 Å². The van der Waals surface area contributed by atoms with Crippen molar-refractivity contribution in [2.24, 2.45) is 0 Å². The van der Waals surface area contributed by atoms with Crippen LogP contribution in [0.3, 0.4) is 0 Å². The van der Waals surface area contributed by atoms with E-state index in [9.17, 15) is 0 Å². The smallest absolute Gasteiger partial charge is 0.146 e. The SMILES string of the molecule is Clc1ncnc2c1c(Br)cn2C1CC1. The zero-order valence-electron chi connectivity index (χ0n) is 7.24. The maximum Gasteiger partial charge on any atom is 0.146 e. The van der Waals surface area contributed by atoms with Crippen LogP contribution >= 0.6 is 27.5 Å². The molecule has 3 rings (SSSR count). The van der Waals surface area contributed by atoms with Crippen LogP contribution in [0.2, 0.25) is 5.15 Å². The molecule has 0 aromatic carbocycles. The van der Waals surface area contributed by atoms with E-state index in [1.54, 1.807) is 0 Å². The summed E-state index contributed by atoms with van der Waals surface area (Å²) in [5.41, 5.74) is 0.930. The molecule has 1 aliphatic carbocycles. The lowest BCUT2D eigenvalue weighted by Crippen LogP contribution is -1.93. The highest BCUT2D eigenvalue weighted by atomic mass is 79.9. The Bertz CT molecular complexity index is 504. The fourth-order valence-electron chi connectivity index (χ4n) is 1.64. The lowest BCUT2D eigenvalue weighted by Gasteiger charge is -1.99. The molecule has 0 aliphatic heterocycles. The monoisotopic (exact) mass is 271 g/mol. The summed E-state index contributed by atoms with van der Waals surface area (Å²) >= 11 is 9.49. The summed E-state index contributed by atoms with van der Waals surface area (Å²) in [4.78, 5) is 8.23. The van der Waals surface area contributed by atoms with Crippen LogP contribution in [0.4, 0.5) is 0 Å². The van der Waals surface area contributed by atoms with Crippen LogP contribution in [0.15, 0.2) is 17.0 Å². The summed E-state index contributed by atoms with van der Waals surface area (Å²) in [6.07, 6.45) is 6.02. The molecule has 3 nitrogen and oxygen atoms in total. The highest BCUT2D eigenvalue weighted by Crippen LogP contribution is 2.40. The molecular formula is C9H7BrClN3. The predicted molar refractivity (Wildman–Crippen MR) is 58.5 cm³/mol. The van der Waals surface area contributed by atoms with Crippen molar-refractivity contribution in [3.8, 4) is 0 Å². The van der Waals surface area contributed by atoms with Gasteiger partial charge in [-0.3, -0.25) is 0 Å². The van der Waals surface area contributed by atoms with E-state index in [1.165, 1.54) is 19.2 Å². The lowest BCUT2D eigenvalue weighted by atomic mass is 10.4. The van der Waals surface area contributed by atoms with Gasteiger partial charge >= 0.3 is 0 Å². The van der Waals surface area contributed by atoms with E-state index in [1.807, 2.05) is 6.20 Å². The van der Waals surface area contributed by atoms with Gasteiger partial charge in [-0.1, -0.05) is 11.6 Å². The topological polar surface area (TPSA) is 30.7 Å². The molecule has 1 aliphatic rings. The summed E-state index contributed by atoms with van der Waals surface area (Å²) in [7, 11) is 0. The minimum Gasteiger partial charge on any atom is -0.328 e. The quantitative estimate of drug-likeness (QED) is 0.747. The van der Waals surface area contributed by atoms with Gasteiger partial charge in [-0.15, -0.1) is 0 Å². The molecule has 72 valence electrons. The van der Waals surface area contributed by atoms with Gasteiger partial charge in [0, 0.05) is 16.7 Å². The van der Waals surface area contributed by atoms with Crippen molar-refractivity contribution < 1.29 is 0 Å². The van der Waals surface area contributed by atoms with Crippen molar-refractivity contribution in [2.75, 3.05) is 0 Å². The van der Waals surface area contributed by atoms with E-state index >= 15 is 0 Å². The molecule has 1 saturated carbocycles. The summed E-state index contributed by atoms with van der Waals surface area (Å²) in [5.74, 6) is 0. The zero-order valence-corrected chi connectivity index (χ0v) is 9.59. The van der Waals surface area contributed by atoms with Gasteiger partial charge in [0.05, 0.1) is 5.39 Å². The molecule has 2 aromatic heterocycles. The van der Waals surface area contributed by atoms with E-state index in [4.69, 9.17) is 11.6 Å². The number of halogens is 2. The van der Waals surface area contributed by atoms with Gasteiger partial charge in [0.2, 0.25) is 0 Å². The first-order valence-electron chi connectivity index (χ1n) is 4.44. The van der Waals surface area contributed by atoms with Crippen LogP contribution in [0.25, 0.3) is 11.0 Å². The molecule has 5 heteroatoms. The number of hydrogen-bond donors (Lipinski definition) is 0. The summed E-state index contributed by atoms with van der Waals surface area (Å²) in [5, 5.41) is 1.43. The van der Waals surface area contributed by atoms with Crippen molar-refractivity contribution in [3.05, 3.63) is 22.1 Å². The minimum atomic E-state index is 0.515. The third kappa shape index (κ3) is 1.17. The molecular weight excluding hydrogens is 265 g/mol. The van der Waals surface area contributed by atoms with Crippen molar-refractivity contribution in [1.82, 2.24) is 14.5 Å². The predicted octanol–water partition coefficient (Wildman–Crippen LogP) is 3.18. The molecule has 0 atom stereocenters. The van der Waals surface area contributed by atoms with E-state index in [0.29, 0.717) is 11.2 Å². The van der Waals surface area contributed by atoms with Crippen LogP contribution < -0.4 is 0 Å². The van der Waals surface area contributed by atoms with Gasteiger partial charge in [-0.2, -0.15) is 0 Å². The molecule has 0 amide bonds. The van der Waals surface area contributed by atoms with E-state index in [2.05, 4.69) is 30.5 Å². The highest BCUT2D eigenvalue weighted by Gasteiger charge is 2.26. The Balaban J connectivity index is 2.37. The average Bonchev–Trinajstić information content (AvgIpc) is 2.93. The summed E-state index contributed by atoms with van der Waals surface area (Å²) in [6.45, 7) is 0. The molecule has 2 aromatic rings. The number of fused-ring (bicyclic) bond motifs is 1. The van der Waals surface area contributed by atoms with Crippen LogP contribution in [0.1, 0.15) is 18.9 Å². The Labute approximate surface area is 94.2 Å². The first-order chi connectivity index (χ1) is 6.77. The Morgan fingerprint density at radius 1 is 1.43 bits per heavy atom. The van der Waals surface area contributed by atoms with Gasteiger partial charge in [0.1, 0.15) is 17.1 Å². The number of nitrogens with zero attached hydrogens (tertiary/aromatic N) is 3. The Hall–Kier alpha value is -0.610. The largest absolute Gasteiger partial charge is 0.328 e. The molecule has 0 N–H and O–H groups in total. The van der Waals surface area contributed by atoms with Gasteiger partial charge in [0.15, 0.2) is 0 Å². The first kappa shape index (κ1) is 8.68. The molecule has 0 radical (unpaired) electrons. The normalized spacial score (nSPS) is 16.4. The van der Waals surface area contributed by atoms with E-state index < -0.39 is 0 Å². The Morgan fingerprint density at radius 3 is 2.93 bits per heavy atom. The average molecular weight is 273 g/mol. The molecule has 0 unspecified atom stereocenters. The third-order valence-electron chi connectivity index (χ3n) is 2.46. The molecule has 2 heterocycles. The molecule has 0 spiro atoms. The van der Waals surface area contributed by atoms with Gasteiger partial charge in [-0.05, 0) is 28.8 Å². The van der Waals surface area contributed by atoms with E-state index in [-0.39, 0.29) is 0 Å². The molecule has 14 heavy (non-hydrogen) atoms. The number of aromatic nitrogens is 3. The summed E-state index contributed by atoms with van der Waals surface area (Å²) < 4.78 is 3.15. The van der Waals surface area contributed by atoms with Crippen LogP contribution in [-0.2, 0) is 0 Å². The second-order valence-electron chi connectivity index (χ2n) is 3.48. The second kappa shape index (κ2) is 2.94. The van der Waals surface area contributed by atoms with Gasteiger partial charge in [0.25, 0.3) is 0 Å². The Kier molecular flexibility index (Phi) is 1.82. The van der Waals surface area contributed by atoms with Crippen molar-refractivity contribution in [2.45, 2.75) is 18.9 Å². The van der Waals surface area contributed by atoms with Crippen molar-refractivity contribution >= 4 is 38.6 Å². The maximum atomic E-state index is 6.01. The van der Waals surface area contributed by atoms with Crippen LogP contribution in [-0.4, -0.2) is 14.5 Å². The first-order valence-corrected chi connectivity index (χ1v) is 5.61. The highest BCUT2D eigenvalue weighted by molar-refractivity contribution is 9.10. The summed E-state index contributed by atoms with van der Waals surface area (Å²) in [6, 6.07) is 0.606. The van der Waals surface area contributed by atoms with E-state index in [0.717, 1.165) is 15.5 Å². The number of rotatable bonds is 1. The molecule has 1 fully saturated rings. The maximum absolute atomic E-state index is 6.01. The van der Waals surface area contributed by atoms with Gasteiger partial charge < -0.3 is 4.57 Å². The Morgan fingerprint density at radius 2 is 2.21 bits per heavy atom. The van der Waals surface area contributed by atoms with Crippen molar-refractivity contribution in [3.63, 3.8) is 0 Å². The van der Waals surface area contributed by atoms with Crippen LogP contribution in [0.5, 0.6) is 0 Å². The fraction of sp³-hybridized carbons (Fsp3) is 0.333. The third-order valence-corrected chi connectivity index (χ3v) is 3.34. The fourth-order valence-corrected chi connectivity index (χ4v) is 2.57. The van der Waals surface area contributed by atoms with Crippen LogP contribution in [0, 0.1) is 0 Å². The minimum absolute atomic E-state index is 0.515. The second-order valence-corrected chi connectivity index (χ2v) is 4.69. The standard InChI is InChI=1S/C9H7BrClN3/c10-6-3-14(5-1-2-5)9-7(6)8(11)12-4-13-9/h3-5H,1-2H2. The molecule has 0 bridgehead atoms. The van der Waals surface area contributed by atoms with Crippen molar-refractivity contribution in [1.29, 1.82) is 0 Å². The number of hydrogen-bond acceptors (Lipinski definition) is 2.